The number of hydrogen-bond acceptors (Lipinski definition) is 4. The Bertz CT molecular complexity index is 719. The SMILES string of the molecule is CCNc1c(-c2ccccc2)c(C)nn1-c1ncccn1. The van der Waals surface area contributed by atoms with Crippen LogP contribution in [0.3, 0.4) is 0 Å². The van der Waals surface area contributed by atoms with Gasteiger partial charge in [0.2, 0.25) is 0 Å². The van der Waals surface area contributed by atoms with Crippen molar-refractivity contribution in [2.24, 2.45) is 0 Å². The maximum Gasteiger partial charge on any atom is 0.252 e. The van der Waals surface area contributed by atoms with Gasteiger partial charge in [-0.05, 0) is 25.5 Å². The van der Waals surface area contributed by atoms with Crippen LogP contribution in [0.5, 0.6) is 0 Å². The molecule has 3 rings (SSSR count). The molecule has 1 N–H and O–H groups in total. The average molecular weight is 279 g/mol. The van der Waals surface area contributed by atoms with E-state index in [2.05, 4.69) is 39.4 Å². The van der Waals surface area contributed by atoms with Crippen molar-refractivity contribution in [3.63, 3.8) is 0 Å². The molecule has 0 amide bonds. The smallest absolute Gasteiger partial charge is 0.252 e. The predicted molar refractivity (Wildman–Crippen MR) is 83.5 cm³/mol. The van der Waals surface area contributed by atoms with Gasteiger partial charge < -0.3 is 5.32 Å². The molecule has 0 saturated carbocycles. The monoisotopic (exact) mass is 279 g/mol. The standard InChI is InChI=1S/C16H17N5/c1-3-17-15-14(13-8-5-4-6-9-13)12(2)20-21(15)16-18-10-7-11-19-16/h4-11,17H,3H2,1-2H3. The van der Waals surface area contributed by atoms with Crippen molar-refractivity contribution in [1.29, 1.82) is 0 Å². The molecule has 0 aliphatic carbocycles. The maximum absolute atomic E-state index is 4.60. The number of benzene rings is 1. The van der Waals surface area contributed by atoms with E-state index in [4.69, 9.17) is 0 Å². The van der Waals surface area contributed by atoms with Gasteiger partial charge in [0.25, 0.3) is 5.95 Å². The van der Waals surface area contributed by atoms with Crippen LogP contribution in [0.1, 0.15) is 12.6 Å². The molecule has 0 aliphatic rings. The summed E-state index contributed by atoms with van der Waals surface area (Å²) in [7, 11) is 0. The van der Waals surface area contributed by atoms with Gasteiger partial charge in [0, 0.05) is 24.5 Å². The van der Waals surface area contributed by atoms with Gasteiger partial charge in [0.05, 0.1) is 5.69 Å². The Kier molecular flexibility index (Phi) is 3.64. The number of anilines is 1. The zero-order valence-electron chi connectivity index (χ0n) is 12.1. The fourth-order valence-electron chi connectivity index (χ4n) is 2.35. The van der Waals surface area contributed by atoms with Gasteiger partial charge in [-0.15, -0.1) is 0 Å². The van der Waals surface area contributed by atoms with Crippen molar-refractivity contribution in [1.82, 2.24) is 19.7 Å². The topological polar surface area (TPSA) is 55.6 Å². The van der Waals surface area contributed by atoms with Crippen molar-refractivity contribution < 1.29 is 0 Å². The molecule has 3 aromatic rings. The molecule has 0 aliphatic heterocycles. The summed E-state index contributed by atoms with van der Waals surface area (Å²) in [5, 5.41) is 7.99. The third-order valence-corrected chi connectivity index (χ3v) is 3.21. The maximum atomic E-state index is 4.60. The number of hydrogen-bond donors (Lipinski definition) is 1. The van der Waals surface area contributed by atoms with Crippen molar-refractivity contribution in [2.75, 3.05) is 11.9 Å². The molecule has 21 heavy (non-hydrogen) atoms. The Labute approximate surface area is 123 Å². The van der Waals surface area contributed by atoms with E-state index >= 15 is 0 Å². The molecule has 0 radical (unpaired) electrons. The lowest BCUT2D eigenvalue weighted by Gasteiger charge is -2.09. The molecule has 106 valence electrons. The second-order valence-electron chi connectivity index (χ2n) is 4.67. The van der Waals surface area contributed by atoms with Gasteiger partial charge >= 0.3 is 0 Å². The predicted octanol–water partition coefficient (Wildman–Crippen LogP) is 3.07. The Balaban J connectivity index is 2.20. The molecular weight excluding hydrogens is 262 g/mol. The molecule has 5 nitrogen and oxygen atoms in total. The van der Waals surface area contributed by atoms with E-state index < -0.39 is 0 Å². The third kappa shape index (κ3) is 2.50. The Hall–Kier alpha value is -2.69. The van der Waals surface area contributed by atoms with E-state index in [9.17, 15) is 0 Å². The lowest BCUT2D eigenvalue weighted by atomic mass is 10.1. The highest BCUT2D eigenvalue weighted by atomic mass is 15.4. The summed E-state index contributed by atoms with van der Waals surface area (Å²) < 4.78 is 1.77. The minimum atomic E-state index is 0.568. The van der Waals surface area contributed by atoms with E-state index in [0.29, 0.717) is 5.95 Å². The molecule has 2 aromatic heterocycles. The first kappa shape index (κ1) is 13.3. The zero-order chi connectivity index (χ0) is 14.7. The van der Waals surface area contributed by atoms with Gasteiger partial charge in [-0.3, -0.25) is 0 Å². The molecule has 0 atom stereocenters. The van der Waals surface area contributed by atoms with Gasteiger partial charge in [-0.2, -0.15) is 9.78 Å². The average Bonchev–Trinajstić information content (AvgIpc) is 2.86. The van der Waals surface area contributed by atoms with E-state index in [-0.39, 0.29) is 0 Å². The van der Waals surface area contributed by atoms with Gasteiger partial charge in [-0.1, -0.05) is 30.3 Å². The van der Waals surface area contributed by atoms with Crippen LogP contribution in [0, 0.1) is 6.92 Å². The second-order valence-corrected chi connectivity index (χ2v) is 4.67. The highest BCUT2D eigenvalue weighted by Gasteiger charge is 2.18. The Morgan fingerprint density at radius 3 is 2.43 bits per heavy atom. The van der Waals surface area contributed by atoms with Crippen LogP contribution in [0.25, 0.3) is 17.1 Å². The van der Waals surface area contributed by atoms with Crippen molar-refractivity contribution in [3.8, 4) is 17.1 Å². The van der Waals surface area contributed by atoms with Crippen molar-refractivity contribution in [3.05, 3.63) is 54.5 Å². The summed E-state index contributed by atoms with van der Waals surface area (Å²) in [6.07, 6.45) is 3.44. The Morgan fingerprint density at radius 1 is 1.05 bits per heavy atom. The fraction of sp³-hybridized carbons (Fsp3) is 0.188. The van der Waals surface area contributed by atoms with Crippen molar-refractivity contribution >= 4 is 5.82 Å². The summed E-state index contributed by atoms with van der Waals surface area (Å²) in [6.45, 7) is 4.87. The fourth-order valence-corrected chi connectivity index (χ4v) is 2.35. The Morgan fingerprint density at radius 2 is 1.76 bits per heavy atom. The zero-order valence-corrected chi connectivity index (χ0v) is 12.1. The molecule has 0 fully saturated rings. The molecule has 1 aromatic carbocycles. The van der Waals surface area contributed by atoms with E-state index in [1.807, 2.05) is 25.1 Å². The number of nitrogens with one attached hydrogen (secondary N) is 1. The number of aromatic nitrogens is 4. The van der Waals surface area contributed by atoms with Crippen LogP contribution in [-0.2, 0) is 0 Å². The quantitative estimate of drug-likeness (QED) is 0.797. The van der Waals surface area contributed by atoms with Crippen LogP contribution in [-0.4, -0.2) is 26.3 Å². The number of nitrogens with zero attached hydrogens (tertiary/aromatic N) is 4. The van der Waals surface area contributed by atoms with Crippen LogP contribution in [0.15, 0.2) is 48.8 Å². The molecule has 5 heteroatoms. The lowest BCUT2D eigenvalue weighted by molar-refractivity contribution is 0.798. The molecule has 0 saturated heterocycles. The third-order valence-electron chi connectivity index (χ3n) is 3.21. The molecular formula is C16H17N5. The summed E-state index contributed by atoms with van der Waals surface area (Å²) in [4.78, 5) is 8.58. The first-order valence-corrected chi connectivity index (χ1v) is 6.97. The first-order valence-electron chi connectivity index (χ1n) is 6.97. The highest BCUT2D eigenvalue weighted by Crippen LogP contribution is 2.32. The van der Waals surface area contributed by atoms with Gasteiger partial charge in [0.1, 0.15) is 5.82 Å². The van der Waals surface area contributed by atoms with E-state index in [0.717, 1.165) is 29.2 Å². The summed E-state index contributed by atoms with van der Waals surface area (Å²) in [5.41, 5.74) is 3.17. The molecule has 2 heterocycles. The van der Waals surface area contributed by atoms with Gasteiger partial charge in [0.15, 0.2) is 0 Å². The highest BCUT2D eigenvalue weighted by molar-refractivity contribution is 5.78. The largest absolute Gasteiger partial charge is 0.370 e. The molecule has 0 spiro atoms. The minimum Gasteiger partial charge on any atom is -0.370 e. The summed E-state index contributed by atoms with van der Waals surface area (Å²) in [6, 6.07) is 12.0. The van der Waals surface area contributed by atoms with Crippen molar-refractivity contribution in [2.45, 2.75) is 13.8 Å². The molecule has 0 unspecified atom stereocenters. The van der Waals surface area contributed by atoms with E-state index in [1.165, 1.54) is 0 Å². The second kappa shape index (κ2) is 5.75. The van der Waals surface area contributed by atoms with E-state index in [1.54, 1.807) is 23.1 Å². The summed E-state index contributed by atoms with van der Waals surface area (Å²) >= 11 is 0. The lowest BCUT2D eigenvalue weighted by Crippen LogP contribution is -2.09. The first-order chi connectivity index (χ1) is 10.3. The van der Waals surface area contributed by atoms with Crippen LogP contribution in [0.4, 0.5) is 5.82 Å². The van der Waals surface area contributed by atoms with Crippen LogP contribution in [0.2, 0.25) is 0 Å². The summed E-state index contributed by atoms with van der Waals surface area (Å²) in [5.74, 6) is 1.49. The number of aryl methyl sites for hydroxylation is 1. The van der Waals surface area contributed by atoms with Gasteiger partial charge in [-0.25, -0.2) is 9.97 Å². The minimum absolute atomic E-state index is 0.568. The van der Waals surface area contributed by atoms with Crippen LogP contribution < -0.4 is 5.32 Å². The van der Waals surface area contributed by atoms with Crippen LogP contribution >= 0.6 is 0 Å². The normalized spacial score (nSPS) is 10.6. The number of rotatable bonds is 4. The molecule has 0 bridgehead atoms.